The van der Waals surface area contributed by atoms with Gasteiger partial charge in [0.25, 0.3) is 5.91 Å². The molecule has 4 nitrogen and oxygen atoms in total. The maximum atomic E-state index is 12.2. The lowest BCUT2D eigenvalue weighted by Gasteiger charge is -2.44. The van der Waals surface area contributed by atoms with Crippen molar-refractivity contribution in [2.24, 2.45) is 0 Å². The molecule has 2 fully saturated rings. The summed E-state index contributed by atoms with van der Waals surface area (Å²) in [6, 6.07) is 8.14. The lowest BCUT2D eigenvalue weighted by molar-refractivity contribution is -0.129. The van der Waals surface area contributed by atoms with Gasteiger partial charge in [-0.25, -0.2) is 0 Å². The van der Waals surface area contributed by atoms with Crippen molar-refractivity contribution < 1.29 is 9.53 Å². The van der Waals surface area contributed by atoms with Crippen molar-refractivity contribution in [1.29, 1.82) is 0 Å². The van der Waals surface area contributed by atoms with Crippen LogP contribution >= 0.6 is 0 Å². The van der Waals surface area contributed by atoms with Crippen molar-refractivity contribution in [2.45, 2.75) is 18.9 Å². The summed E-state index contributed by atoms with van der Waals surface area (Å²) in [7, 11) is 0. The number of carbonyl (C=O) groups excluding carboxylic acids is 1. The molecule has 1 unspecified atom stereocenters. The van der Waals surface area contributed by atoms with Crippen LogP contribution in [0.15, 0.2) is 24.3 Å². The number of hydrogen-bond donors (Lipinski definition) is 1. The third kappa shape index (κ3) is 1.82. The Balaban J connectivity index is 2.02. The van der Waals surface area contributed by atoms with E-state index in [9.17, 15) is 4.79 Å². The lowest BCUT2D eigenvalue weighted by Crippen LogP contribution is -2.61. The minimum Gasteiger partial charge on any atom is -0.369 e. The average molecular weight is 246 g/mol. The zero-order valence-electron chi connectivity index (χ0n) is 10.6. The van der Waals surface area contributed by atoms with Crippen LogP contribution in [0.2, 0.25) is 0 Å². The van der Waals surface area contributed by atoms with Crippen molar-refractivity contribution in [3.05, 3.63) is 29.8 Å². The van der Waals surface area contributed by atoms with Gasteiger partial charge in [-0.1, -0.05) is 12.1 Å². The molecule has 18 heavy (non-hydrogen) atoms. The van der Waals surface area contributed by atoms with Gasteiger partial charge in [-0.05, 0) is 37.6 Å². The average Bonchev–Trinajstić information content (AvgIpc) is 2.78. The first-order valence-electron chi connectivity index (χ1n) is 6.39. The van der Waals surface area contributed by atoms with Gasteiger partial charge in [0.1, 0.15) is 6.61 Å². The van der Waals surface area contributed by atoms with Gasteiger partial charge >= 0.3 is 0 Å². The molecule has 1 spiro atoms. The van der Waals surface area contributed by atoms with E-state index in [-0.39, 0.29) is 18.1 Å². The molecule has 1 aromatic carbocycles. The van der Waals surface area contributed by atoms with Crippen LogP contribution in [0.25, 0.3) is 0 Å². The number of hydrogen-bond acceptors (Lipinski definition) is 3. The van der Waals surface area contributed by atoms with Crippen molar-refractivity contribution in [3.8, 4) is 0 Å². The first-order chi connectivity index (χ1) is 8.71. The monoisotopic (exact) mass is 246 g/mol. The minimum atomic E-state index is -0.191. The Morgan fingerprint density at radius 1 is 1.44 bits per heavy atom. The van der Waals surface area contributed by atoms with Gasteiger partial charge in [0.2, 0.25) is 0 Å². The molecule has 2 aliphatic heterocycles. The number of carbonyl (C=O) groups is 1. The van der Waals surface area contributed by atoms with Crippen molar-refractivity contribution in [2.75, 3.05) is 31.2 Å². The number of nitrogens with zero attached hydrogens (tertiary/aromatic N) is 1. The summed E-state index contributed by atoms with van der Waals surface area (Å²) < 4.78 is 5.47. The molecule has 0 aromatic heterocycles. The van der Waals surface area contributed by atoms with E-state index in [0.29, 0.717) is 6.61 Å². The van der Waals surface area contributed by atoms with E-state index in [1.807, 2.05) is 30.0 Å². The lowest BCUT2D eigenvalue weighted by atomic mass is 9.94. The number of ether oxygens (including phenoxy) is 1. The zero-order valence-corrected chi connectivity index (χ0v) is 10.6. The highest BCUT2D eigenvalue weighted by Gasteiger charge is 2.46. The highest BCUT2D eigenvalue weighted by molar-refractivity contribution is 5.96. The van der Waals surface area contributed by atoms with Crippen LogP contribution in [0.5, 0.6) is 0 Å². The molecule has 0 radical (unpaired) electrons. The first-order valence-corrected chi connectivity index (χ1v) is 6.39. The molecule has 0 bridgehead atoms. The van der Waals surface area contributed by atoms with Crippen molar-refractivity contribution >= 4 is 11.6 Å². The summed E-state index contributed by atoms with van der Waals surface area (Å²) in [6.45, 7) is 4.62. The van der Waals surface area contributed by atoms with E-state index in [4.69, 9.17) is 4.74 Å². The van der Waals surface area contributed by atoms with Gasteiger partial charge in [-0.2, -0.15) is 0 Å². The second kappa shape index (κ2) is 4.37. The maximum Gasteiger partial charge on any atom is 0.253 e. The summed E-state index contributed by atoms with van der Waals surface area (Å²) in [5.41, 5.74) is 1.98. The Morgan fingerprint density at radius 3 is 3.06 bits per heavy atom. The topological polar surface area (TPSA) is 41.6 Å². The van der Waals surface area contributed by atoms with Gasteiger partial charge in [-0.3, -0.25) is 4.79 Å². The van der Waals surface area contributed by atoms with E-state index in [1.165, 1.54) is 5.56 Å². The van der Waals surface area contributed by atoms with Gasteiger partial charge in [-0.15, -0.1) is 0 Å². The molecule has 3 rings (SSSR count). The first kappa shape index (κ1) is 11.7. The summed E-state index contributed by atoms with van der Waals surface area (Å²) in [5, 5.41) is 3.34. The van der Waals surface area contributed by atoms with E-state index in [0.717, 1.165) is 25.2 Å². The second-order valence-electron chi connectivity index (χ2n) is 5.21. The number of morpholine rings is 1. The number of amides is 1. The normalized spacial score (nSPS) is 28.1. The molecule has 96 valence electrons. The maximum absolute atomic E-state index is 12.2. The van der Waals surface area contributed by atoms with Crippen LogP contribution in [0.1, 0.15) is 12.0 Å². The Kier molecular flexibility index (Phi) is 2.84. The second-order valence-corrected chi connectivity index (χ2v) is 5.21. The zero-order chi connectivity index (χ0) is 12.6. The molecule has 1 atom stereocenters. The molecule has 2 heterocycles. The SMILES string of the molecule is Cc1cccc(N2C(=O)COCC23CCNC3)c1. The van der Waals surface area contributed by atoms with E-state index in [1.54, 1.807) is 0 Å². The smallest absolute Gasteiger partial charge is 0.253 e. The Hall–Kier alpha value is -1.39. The van der Waals surface area contributed by atoms with Gasteiger partial charge < -0.3 is 15.0 Å². The van der Waals surface area contributed by atoms with E-state index < -0.39 is 0 Å². The van der Waals surface area contributed by atoms with Crippen LogP contribution in [-0.2, 0) is 9.53 Å². The molecule has 1 aromatic rings. The summed E-state index contributed by atoms with van der Waals surface area (Å²) in [6.07, 6.45) is 0.951. The highest BCUT2D eigenvalue weighted by atomic mass is 16.5. The van der Waals surface area contributed by atoms with Crippen LogP contribution in [0.4, 0.5) is 5.69 Å². The summed E-state index contributed by atoms with van der Waals surface area (Å²) in [4.78, 5) is 14.2. The fourth-order valence-corrected chi connectivity index (χ4v) is 2.95. The summed E-state index contributed by atoms with van der Waals surface area (Å²) in [5.74, 6) is 0.0653. The van der Waals surface area contributed by atoms with Crippen LogP contribution in [0, 0.1) is 6.92 Å². The number of anilines is 1. The molecular formula is C14H18N2O2. The van der Waals surface area contributed by atoms with Gasteiger partial charge in [0, 0.05) is 12.2 Å². The van der Waals surface area contributed by atoms with Gasteiger partial charge in [0.05, 0.1) is 12.1 Å². The molecule has 2 aliphatic rings. The Bertz CT molecular complexity index is 467. The molecule has 0 aliphatic carbocycles. The molecule has 1 N–H and O–H groups in total. The molecule has 1 amide bonds. The van der Waals surface area contributed by atoms with Crippen LogP contribution in [0.3, 0.4) is 0 Å². The number of benzene rings is 1. The number of aryl methyl sites for hydroxylation is 1. The predicted octanol–water partition coefficient (Wildman–Crippen LogP) is 1.09. The molecule has 0 saturated carbocycles. The third-order valence-corrected chi connectivity index (χ3v) is 3.80. The van der Waals surface area contributed by atoms with E-state index in [2.05, 4.69) is 11.4 Å². The van der Waals surface area contributed by atoms with Crippen LogP contribution in [-0.4, -0.2) is 37.7 Å². The Morgan fingerprint density at radius 2 is 2.33 bits per heavy atom. The van der Waals surface area contributed by atoms with Crippen molar-refractivity contribution in [3.63, 3.8) is 0 Å². The van der Waals surface area contributed by atoms with Crippen LogP contribution < -0.4 is 10.2 Å². The third-order valence-electron chi connectivity index (χ3n) is 3.80. The van der Waals surface area contributed by atoms with Crippen molar-refractivity contribution in [1.82, 2.24) is 5.32 Å². The molecular weight excluding hydrogens is 228 g/mol. The fraction of sp³-hybridized carbons (Fsp3) is 0.500. The summed E-state index contributed by atoms with van der Waals surface area (Å²) >= 11 is 0. The predicted molar refractivity (Wildman–Crippen MR) is 69.7 cm³/mol. The largest absolute Gasteiger partial charge is 0.369 e. The number of rotatable bonds is 1. The standard InChI is InChI=1S/C14H18N2O2/c1-11-3-2-4-12(7-11)16-13(17)8-18-10-14(16)5-6-15-9-14/h2-4,7,15H,5-6,8-10H2,1H3. The van der Waals surface area contributed by atoms with Gasteiger partial charge in [0.15, 0.2) is 0 Å². The number of nitrogens with one attached hydrogen (secondary N) is 1. The molecule has 2 saturated heterocycles. The quantitative estimate of drug-likeness (QED) is 0.806. The Labute approximate surface area is 107 Å². The van der Waals surface area contributed by atoms with E-state index >= 15 is 0 Å². The minimum absolute atomic E-state index is 0.0653. The highest BCUT2D eigenvalue weighted by Crippen LogP contribution is 2.32. The molecule has 4 heteroatoms. The fourth-order valence-electron chi connectivity index (χ4n) is 2.95.